The summed E-state index contributed by atoms with van der Waals surface area (Å²) < 4.78 is 5.04. The molecule has 4 nitrogen and oxygen atoms in total. The molecule has 0 saturated carbocycles. The van der Waals surface area contributed by atoms with Gasteiger partial charge in [0.2, 0.25) is 0 Å². The number of carbonyl (C=O) groups excluding carboxylic acids is 1. The molecule has 0 radical (unpaired) electrons. The second-order valence-electron chi connectivity index (χ2n) is 2.83. The van der Waals surface area contributed by atoms with Gasteiger partial charge in [-0.1, -0.05) is 11.6 Å². The molecule has 0 unspecified atom stereocenters. The molecule has 0 atom stereocenters. The maximum Gasteiger partial charge on any atom is 0.173 e. The third kappa shape index (κ3) is 2.60. The fourth-order valence-corrected chi connectivity index (χ4v) is 1.10. The topological polar surface area (TPSA) is 42.4 Å². The SMILES string of the molecule is CN(C)c1ccc(OCC=O)c(Cl)n1. The van der Waals surface area contributed by atoms with Crippen molar-refractivity contribution in [1.29, 1.82) is 0 Å². The molecule has 0 fully saturated rings. The second kappa shape index (κ2) is 4.81. The highest BCUT2D eigenvalue weighted by atomic mass is 35.5. The van der Waals surface area contributed by atoms with Crippen LogP contribution in [0, 0.1) is 0 Å². The number of aldehydes is 1. The van der Waals surface area contributed by atoms with E-state index in [1.165, 1.54) is 0 Å². The van der Waals surface area contributed by atoms with Crippen LogP contribution in [0.4, 0.5) is 5.82 Å². The van der Waals surface area contributed by atoms with Gasteiger partial charge in [-0.15, -0.1) is 0 Å². The Labute approximate surface area is 87.4 Å². The van der Waals surface area contributed by atoms with Gasteiger partial charge in [0, 0.05) is 14.1 Å². The molecule has 0 aliphatic carbocycles. The van der Waals surface area contributed by atoms with Crippen molar-refractivity contribution in [3.05, 3.63) is 17.3 Å². The summed E-state index contributed by atoms with van der Waals surface area (Å²) in [4.78, 5) is 16.0. The van der Waals surface area contributed by atoms with Crippen molar-refractivity contribution < 1.29 is 9.53 Å². The van der Waals surface area contributed by atoms with E-state index in [9.17, 15) is 4.79 Å². The lowest BCUT2D eigenvalue weighted by Gasteiger charge is -2.12. The van der Waals surface area contributed by atoms with E-state index >= 15 is 0 Å². The largest absolute Gasteiger partial charge is 0.483 e. The van der Waals surface area contributed by atoms with E-state index in [0.29, 0.717) is 12.0 Å². The Bertz CT molecular complexity index is 329. The van der Waals surface area contributed by atoms with Crippen LogP contribution in [-0.4, -0.2) is 32.0 Å². The zero-order valence-electron chi connectivity index (χ0n) is 8.03. The van der Waals surface area contributed by atoms with Crippen LogP contribution in [-0.2, 0) is 4.79 Å². The number of ether oxygens (including phenoxy) is 1. The fourth-order valence-electron chi connectivity index (χ4n) is 0.892. The van der Waals surface area contributed by atoms with Crippen LogP contribution in [0.5, 0.6) is 5.75 Å². The standard InChI is InChI=1S/C9H11ClN2O2/c1-12(2)8-4-3-7(9(10)11-8)14-6-5-13/h3-5H,6H2,1-2H3. The maximum absolute atomic E-state index is 10.1. The Morgan fingerprint density at radius 3 is 2.79 bits per heavy atom. The predicted molar refractivity (Wildman–Crippen MR) is 55.1 cm³/mol. The number of hydrogen-bond acceptors (Lipinski definition) is 4. The van der Waals surface area contributed by atoms with E-state index in [1.54, 1.807) is 12.1 Å². The lowest BCUT2D eigenvalue weighted by Crippen LogP contribution is -2.10. The van der Waals surface area contributed by atoms with Gasteiger partial charge < -0.3 is 9.64 Å². The molecular weight excluding hydrogens is 204 g/mol. The van der Waals surface area contributed by atoms with Crippen LogP contribution in [0.3, 0.4) is 0 Å². The first-order valence-electron chi connectivity index (χ1n) is 4.05. The number of pyridine rings is 1. The van der Waals surface area contributed by atoms with Gasteiger partial charge in [-0.25, -0.2) is 4.98 Å². The van der Waals surface area contributed by atoms with E-state index < -0.39 is 0 Å². The number of rotatable bonds is 4. The normalized spacial score (nSPS) is 9.64. The number of aromatic nitrogens is 1. The molecule has 0 aromatic carbocycles. The molecule has 1 aromatic heterocycles. The molecule has 5 heteroatoms. The smallest absolute Gasteiger partial charge is 0.173 e. The molecule has 0 amide bonds. The minimum atomic E-state index is -0.0112. The van der Waals surface area contributed by atoms with Crippen LogP contribution >= 0.6 is 11.6 Å². The fraction of sp³-hybridized carbons (Fsp3) is 0.333. The minimum absolute atomic E-state index is 0.0112. The summed E-state index contributed by atoms with van der Waals surface area (Å²) in [6.45, 7) is -0.0112. The molecule has 0 N–H and O–H groups in total. The quantitative estimate of drug-likeness (QED) is 0.561. The molecular formula is C9H11ClN2O2. The molecule has 14 heavy (non-hydrogen) atoms. The summed E-state index contributed by atoms with van der Waals surface area (Å²) in [6, 6.07) is 3.46. The summed E-state index contributed by atoms with van der Waals surface area (Å²) in [6.07, 6.45) is 0.663. The van der Waals surface area contributed by atoms with Crippen molar-refractivity contribution in [2.45, 2.75) is 0 Å². The Balaban J connectivity index is 2.84. The van der Waals surface area contributed by atoms with Crippen LogP contribution in [0.15, 0.2) is 12.1 Å². The van der Waals surface area contributed by atoms with Gasteiger partial charge in [0.25, 0.3) is 0 Å². The summed E-state index contributed by atoms with van der Waals surface area (Å²) in [5.74, 6) is 1.16. The number of carbonyl (C=O) groups is 1. The Morgan fingerprint density at radius 2 is 2.29 bits per heavy atom. The van der Waals surface area contributed by atoms with Crippen molar-refractivity contribution in [2.75, 3.05) is 25.6 Å². The van der Waals surface area contributed by atoms with Gasteiger partial charge in [0.15, 0.2) is 17.2 Å². The lowest BCUT2D eigenvalue weighted by atomic mass is 10.4. The van der Waals surface area contributed by atoms with Gasteiger partial charge in [0.05, 0.1) is 0 Å². The van der Waals surface area contributed by atoms with Crippen LogP contribution in [0.1, 0.15) is 0 Å². The molecule has 1 rings (SSSR count). The van der Waals surface area contributed by atoms with E-state index in [-0.39, 0.29) is 11.8 Å². The van der Waals surface area contributed by atoms with Gasteiger partial charge in [0.1, 0.15) is 12.4 Å². The van der Waals surface area contributed by atoms with Crippen LogP contribution in [0.25, 0.3) is 0 Å². The number of anilines is 1. The molecule has 0 aliphatic rings. The summed E-state index contributed by atoms with van der Waals surface area (Å²) in [5, 5.41) is 0.262. The molecule has 0 aliphatic heterocycles. The zero-order chi connectivity index (χ0) is 10.6. The first-order chi connectivity index (χ1) is 6.65. The maximum atomic E-state index is 10.1. The van der Waals surface area contributed by atoms with Crippen LogP contribution < -0.4 is 9.64 Å². The molecule has 1 aromatic rings. The lowest BCUT2D eigenvalue weighted by molar-refractivity contribution is -0.109. The highest BCUT2D eigenvalue weighted by molar-refractivity contribution is 6.30. The van der Waals surface area contributed by atoms with Crippen molar-refractivity contribution in [2.24, 2.45) is 0 Å². The number of hydrogen-bond donors (Lipinski definition) is 0. The van der Waals surface area contributed by atoms with Gasteiger partial charge in [-0.05, 0) is 12.1 Å². The van der Waals surface area contributed by atoms with Gasteiger partial charge in [-0.3, -0.25) is 4.79 Å². The summed E-state index contributed by atoms with van der Waals surface area (Å²) >= 11 is 5.83. The van der Waals surface area contributed by atoms with Crippen molar-refractivity contribution in [3.8, 4) is 5.75 Å². The average Bonchev–Trinajstić information content (AvgIpc) is 2.15. The Hall–Kier alpha value is -1.29. The zero-order valence-corrected chi connectivity index (χ0v) is 8.78. The Morgan fingerprint density at radius 1 is 1.57 bits per heavy atom. The predicted octanol–water partition coefficient (Wildman–Crippen LogP) is 1.38. The first kappa shape index (κ1) is 10.8. The third-order valence-electron chi connectivity index (χ3n) is 1.56. The van der Waals surface area contributed by atoms with Crippen molar-refractivity contribution >= 4 is 23.7 Å². The van der Waals surface area contributed by atoms with Crippen molar-refractivity contribution in [1.82, 2.24) is 4.98 Å². The number of nitrogens with zero attached hydrogens (tertiary/aromatic N) is 2. The first-order valence-corrected chi connectivity index (χ1v) is 4.43. The molecule has 0 saturated heterocycles. The van der Waals surface area contributed by atoms with Crippen molar-refractivity contribution in [3.63, 3.8) is 0 Å². The molecule has 0 spiro atoms. The van der Waals surface area contributed by atoms with E-state index in [0.717, 1.165) is 5.82 Å². The molecule has 0 bridgehead atoms. The van der Waals surface area contributed by atoms with Crippen LogP contribution in [0.2, 0.25) is 5.15 Å². The monoisotopic (exact) mass is 214 g/mol. The second-order valence-corrected chi connectivity index (χ2v) is 3.19. The molecule has 1 heterocycles. The third-order valence-corrected chi connectivity index (χ3v) is 1.84. The molecule has 76 valence electrons. The average molecular weight is 215 g/mol. The summed E-state index contributed by atoms with van der Waals surface area (Å²) in [7, 11) is 3.73. The van der Waals surface area contributed by atoms with E-state index in [4.69, 9.17) is 16.3 Å². The highest BCUT2D eigenvalue weighted by Gasteiger charge is 2.05. The van der Waals surface area contributed by atoms with E-state index in [1.807, 2.05) is 19.0 Å². The van der Waals surface area contributed by atoms with Gasteiger partial charge in [-0.2, -0.15) is 0 Å². The number of halogens is 1. The van der Waals surface area contributed by atoms with Gasteiger partial charge >= 0.3 is 0 Å². The van der Waals surface area contributed by atoms with E-state index in [2.05, 4.69) is 4.98 Å². The highest BCUT2D eigenvalue weighted by Crippen LogP contribution is 2.24. The minimum Gasteiger partial charge on any atom is -0.483 e. The Kier molecular flexibility index (Phi) is 3.71. The summed E-state index contributed by atoms with van der Waals surface area (Å²) in [5.41, 5.74) is 0.